The van der Waals surface area contributed by atoms with Gasteiger partial charge in [0.2, 0.25) is 0 Å². The van der Waals surface area contributed by atoms with Crippen LogP contribution in [-0.2, 0) is 0 Å². The maximum Gasteiger partial charge on any atom is 0.0964 e. The van der Waals surface area contributed by atoms with E-state index in [2.05, 4.69) is 34.3 Å². The molecule has 4 heteroatoms. The number of aromatic nitrogens is 2. The third-order valence-corrected chi connectivity index (χ3v) is 2.39. The molecule has 0 aliphatic carbocycles. The van der Waals surface area contributed by atoms with Crippen molar-refractivity contribution in [1.29, 1.82) is 0 Å². The lowest BCUT2D eigenvalue weighted by Crippen LogP contribution is -2.20. The van der Waals surface area contributed by atoms with Gasteiger partial charge < -0.3 is 10.2 Å². The minimum absolute atomic E-state index is 0.893. The summed E-state index contributed by atoms with van der Waals surface area (Å²) in [4.78, 5) is 10.7. The van der Waals surface area contributed by atoms with E-state index in [1.165, 1.54) is 0 Å². The van der Waals surface area contributed by atoms with Gasteiger partial charge in [0, 0.05) is 30.9 Å². The van der Waals surface area contributed by atoms with Crippen LogP contribution < -0.4 is 5.32 Å². The molecule has 0 aliphatic heterocycles. The fourth-order valence-electron chi connectivity index (χ4n) is 1.54. The van der Waals surface area contributed by atoms with Crippen LogP contribution in [0.1, 0.15) is 0 Å². The fourth-order valence-corrected chi connectivity index (χ4v) is 1.54. The molecule has 1 N–H and O–H groups in total. The molecule has 2 heterocycles. The lowest BCUT2D eigenvalue weighted by molar-refractivity contribution is 0.425. The zero-order valence-corrected chi connectivity index (χ0v) is 9.64. The summed E-state index contributed by atoms with van der Waals surface area (Å²) in [5, 5.41) is 4.42. The molecule has 0 amide bonds. The quantitative estimate of drug-likeness (QED) is 0.843. The number of nitrogens with zero attached hydrogens (tertiary/aromatic N) is 3. The lowest BCUT2D eigenvalue weighted by atomic mass is 10.2. The van der Waals surface area contributed by atoms with Gasteiger partial charge in [0.1, 0.15) is 0 Å². The van der Waals surface area contributed by atoms with Gasteiger partial charge in [-0.1, -0.05) is 0 Å². The first-order valence-electron chi connectivity index (χ1n) is 5.35. The van der Waals surface area contributed by atoms with Gasteiger partial charge in [0.05, 0.1) is 17.4 Å². The lowest BCUT2D eigenvalue weighted by Gasteiger charge is -2.12. The number of pyridine rings is 2. The number of hydrogen-bond donors (Lipinski definition) is 1. The van der Waals surface area contributed by atoms with Gasteiger partial charge in [-0.2, -0.15) is 0 Å². The summed E-state index contributed by atoms with van der Waals surface area (Å²) in [5.41, 5.74) is 1.98. The number of likely N-dealkylation sites (N-methyl/N-ethyl adjacent to an activating group) is 1. The Bertz CT molecular complexity index is 462. The summed E-state index contributed by atoms with van der Waals surface area (Å²) in [6, 6.07) is 3.94. The van der Waals surface area contributed by atoms with Gasteiger partial charge >= 0.3 is 0 Å². The van der Waals surface area contributed by atoms with Crippen LogP contribution in [0.15, 0.2) is 30.7 Å². The van der Waals surface area contributed by atoms with Crippen LogP contribution in [0.25, 0.3) is 10.9 Å². The maximum absolute atomic E-state index is 4.36. The highest BCUT2D eigenvalue weighted by atomic mass is 15.1. The summed E-state index contributed by atoms with van der Waals surface area (Å²) in [6.07, 6.45) is 5.46. The zero-order valence-electron chi connectivity index (χ0n) is 9.64. The molecule has 4 nitrogen and oxygen atoms in total. The van der Waals surface area contributed by atoms with Gasteiger partial charge in [-0.15, -0.1) is 0 Å². The van der Waals surface area contributed by atoms with Gasteiger partial charge in [-0.3, -0.25) is 9.97 Å². The predicted octanol–water partition coefficient (Wildman–Crippen LogP) is 1.60. The Labute approximate surface area is 95.3 Å². The Hall–Kier alpha value is -1.68. The van der Waals surface area contributed by atoms with E-state index < -0.39 is 0 Å². The van der Waals surface area contributed by atoms with E-state index >= 15 is 0 Å². The van der Waals surface area contributed by atoms with E-state index in [9.17, 15) is 0 Å². The van der Waals surface area contributed by atoms with E-state index in [0.717, 1.165) is 29.7 Å². The minimum Gasteiger partial charge on any atom is -0.381 e. The molecule has 0 fully saturated rings. The standard InChI is InChI=1S/C12H16N4/c1-16(2)7-6-14-11-9-13-8-10-4-3-5-15-12(10)11/h3-5,8-9,14H,6-7H2,1-2H3. The Balaban J connectivity index is 2.17. The van der Waals surface area contributed by atoms with Crippen molar-refractivity contribution in [1.82, 2.24) is 14.9 Å². The third kappa shape index (κ3) is 2.46. The first-order chi connectivity index (χ1) is 7.77. The topological polar surface area (TPSA) is 41.0 Å². The second kappa shape index (κ2) is 4.90. The van der Waals surface area contributed by atoms with E-state index in [-0.39, 0.29) is 0 Å². The van der Waals surface area contributed by atoms with Gasteiger partial charge in [-0.25, -0.2) is 0 Å². The molecule has 16 heavy (non-hydrogen) atoms. The smallest absolute Gasteiger partial charge is 0.0964 e. The van der Waals surface area contributed by atoms with E-state index in [4.69, 9.17) is 0 Å². The summed E-state index contributed by atoms with van der Waals surface area (Å²) in [6.45, 7) is 1.88. The molecule has 2 aromatic rings. The Morgan fingerprint density at radius 3 is 3.00 bits per heavy atom. The van der Waals surface area contributed by atoms with E-state index in [0.29, 0.717) is 0 Å². The van der Waals surface area contributed by atoms with Crippen LogP contribution in [0.2, 0.25) is 0 Å². The molecule has 0 aliphatic rings. The number of hydrogen-bond acceptors (Lipinski definition) is 4. The summed E-state index contributed by atoms with van der Waals surface area (Å²) in [7, 11) is 4.11. The third-order valence-electron chi connectivity index (χ3n) is 2.39. The van der Waals surface area contributed by atoms with Crippen molar-refractivity contribution in [2.45, 2.75) is 0 Å². The predicted molar refractivity (Wildman–Crippen MR) is 66.6 cm³/mol. The molecule has 84 valence electrons. The van der Waals surface area contributed by atoms with Crippen LogP contribution in [0.4, 0.5) is 5.69 Å². The zero-order chi connectivity index (χ0) is 11.4. The van der Waals surface area contributed by atoms with Crippen LogP contribution in [0, 0.1) is 0 Å². The SMILES string of the molecule is CN(C)CCNc1cncc2cccnc12. The van der Waals surface area contributed by atoms with Crippen LogP contribution >= 0.6 is 0 Å². The Kier molecular flexibility index (Phi) is 3.31. The van der Waals surface area contributed by atoms with Gasteiger partial charge in [0.25, 0.3) is 0 Å². The summed E-state index contributed by atoms with van der Waals surface area (Å²) in [5.74, 6) is 0. The number of nitrogens with one attached hydrogen (secondary N) is 1. The van der Waals surface area contributed by atoms with Crippen molar-refractivity contribution in [2.24, 2.45) is 0 Å². The van der Waals surface area contributed by atoms with Crippen LogP contribution in [-0.4, -0.2) is 42.1 Å². The average Bonchev–Trinajstić information content (AvgIpc) is 2.29. The highest BCUT2D eigenvalue weighted by Gasteiger charge is 2.01. The largest absolute Gasteiger partial charge is 0.381 e. The maximum atomic E-state index is 4.36. The second-order valence-electron chi connectivity index (χ2n) is 3.99. The number of rotatable bonds is 4. The molecule has 0 spiro atoms. The molecule has 0 radical (unpaired) electrons. The van der Waals surface area contributed by atoms with Crippen molar-refractivity contribution in [3.63, 3.8) is 0 Å². The fraction of sp³-hybridized carbons (Fsp3) is 0.333. The first-order valence-corrected chi connectivity index (χ1v) is 5.35. The number of fused-ring (bicyclic) bond motifs is 1. The molecular weight excluding hydrogens is 200 g/mol. The van der Waals surface area contributed by atoms with Gasteiger partial charge in [-0.05, 0) is 26.2 Å². The molecule has 0 bridgehead atoms. The Morgan fingerprint density at radius 1 is 1.31 bits per heavy atom. The molecule has 0 saturated carbocycles. The second-order valence-corrected chi connectivity index (χ2v) is 3.99. The molecule has 2 aromatic heterocycles. The monoisotopic (exact) mass is 216 g/mol. The van der Waals surface area contributed by atoms with Crippen molar-refractivity contribution < 1.29 is 0 Å². The van der Waals surface area contributed by atoms with E-state index in [1.54, 1.807) is 6.20 Å². The molecule has 0 saturated heterocycles. The average molecular weight is 216 g/mol. The molecular formula is C12H16N4. The minimum atomic E-state index is 0.893. The van der Waals surface area contributed by atoms with Crippen molar-refractivity contribution in [3.8, 4) is 0 Å². The summed E-state index contributed by atoms with van der Waals surface area (Å²) >= 11 is 0. The van der Waals surface area contributed by atoms with Crippen LogP contribution in [0.5, 0.6) is 0 Å². The van der Waals surface area contributed by atoms with Crippen molar-refractivity contribution >= 4 is 16.6 Å². The van der Waals surface area contributed by atoms with Crippen LogP contribution in [0.3, 0.4) is 0 Å². The van der Waals surface area contributed by atoms with Gasteiger partial charge in [0.15, 0.2) is 0 Å². The highest BCUT2D eigenvalue weighted by molar-refractivity contribution is 5.88. The molecule has 0 atom stereocenters. The van der Waals surface area contributed by atoms with Crippen molar-refractivity contribution in [3.05, 3.63) is 30.7 Å². The highest BCUT2D eigenvalue weighted by Crippen LogP contribution is 2.18. The summed E-state index contributed by atoms with van der Waals surface area (Å²) < 4.78 is 0. The number of anilines is 1. The van der Waals surface area contributed by atoms with Crippen molar-refractivity contribution in [2.75, 3.05) is 32.5 Å². The van der Waals surface area contributed by atoms with E-state index in [1.807, 2.05) is 24.5 Å². The normalized spacial score (nSPS) is 10.9. The molecule has 0 unspecified atom stereocenters. The molecule has 0 aromatic carbocycles. The Morgan fingerprint density at radius 2 is 2.19 bits per heavy atom. The molecule has 2 rings (SSSR count). The first kappa shape index (κ1) is 10.8.